The predicted molar refractivity (Wildman–Crippen MR) is 98.8 cm³/mol. The molecule has 0 amide bonds. The van der Waals surface area contributed by atoms with Crippen LogP contribution in [0.15, 0.2) is 66.7 Å². The summed E-state index contributed by atoms with van der Waals surface area (Å²) in [4.78, 5) is 14.7. The normalized spacial score (nSPS) is 16.5. The second kappa shape index (κ2) is 7.93. The van der Waals surface area contributed by atoms with Gasteiger partial charge in [-0.3, -0.25) is 9.69 Å². The molecule has 1 saturated heterocycles. The summed E-state index contributed by atoms with van der Waals surface area (Å²) >= 11 is 0. The fraction of sp³-hybridized carbons (Fsp3) is 0.286. The van der Waals surface area contributed by atoms with Gasteiger partial charge in [0.2, 0.25) is 0 Å². The van der Waals surface area contributed by atoms with E-state index in [9.17, 15) is 4.79 Å². The van der Waals surface area contributed by atoms with Crippen LogP contribution in [0.5, 0.6) is 0 Å². The van der Waals surface area contributed by atoms with Gasteiger partial charge in [0.25, 0.3) is 0 Å². The van der Waals surface area contributed by atoms with Crippen LogP contribution < -0.4 is 5.73 Å². The summed E-state index contributed by atoms with van der Waals surface area (Å²) in [5.41, 5.74) is 8.40. The molecule has 1 heterocycles. The lowest BCUT2D eigenvalue weighted by molar-refractivity contribution is 0.104. The molecule has 2 N–H and O–H groups in total. The Hall–Kier alpha value is -2.39. The Kier molecular flexibility index (Phi) is 5.44. The monoisotopic (exact) mass is 320 g/mol. The first-order chi connectivity index (χ1) is 11.7. The summed E-state index contributed by atoms with van der Waals surface area (Å²) in [5, 5.41) is 0. The van der Waals surface area contributed by atoms with E-state index in [1.165, 1.54) is 5.56 Å². The Morgan fingerprint density at radius 2 is 1.71 bits per heavy atom. The van der Waals surface area contributed by atoms with Gasteiger partial charge in [-0.2, -0.15) is 0 Å². The number of likely N-dealkylation sites (tertiary alicyclic amines) is 1. The third-order valence-electron chi connectivity index (χ3n) is 4.60. The number of carbonyl (C=O) groups is 1. The fourth-order valence-electron chi connectivity index (χ4n) is 3.11. The van der Waals surface area contributed by atoms with E-state index < -0.39 is 0 Å². The molecule has 3 nitrogen and oxygen atoms in total. The molecule has 2 aromatic rings. The zero-order valence-electron chi connectivity index (χ0n) is 13.9. The lowest BCUT2D eigenvalue weighted by Gasteiger charge is -2.30. The molecular weight excluding hydrogens is 296 g/mol. The van der Waals surface area contributed by atoms with Gasteiger partial charge in [-0.1, -0.05) is 36.4 Å². The Labute approximate surface area is 143 Å². The molecule has 0 aromatic heterocycles. The van der Waals surface area contributed by atoms with Gasteiger partial charge < -0.3 is 5.73 Å². The average Bonchev–Trinajstić information content (AvgIpc) is 2.62. The van der Waals surface area contributed by atoms with Gasteiger partial charge in [0.15, 0.2) is 5.78 Å². The van der Waals surface area contributed by atoms with Crippen molar-refractivity contribution in [2.45, 2.75) is 19.4 Å². The quantitative estimate of drug-likeness (QED) is 0.516. The zero-order chi connectivity index (χ0) is 16.8. The number of allylic oxidation sites excluding steroid dienone is 2. The molecule has 1 aliphatic rings. The van der Waals surface area contributed by atoms with Crippen molar-refractivity contribution in [2.75, 3.05) is 18.8 Å². The smallest absolute Gasteiger partial charge is 0.185 e. The molecule has 0 unspecified atom stereocenters. The second-order valence-electron chi connectivity index (χ2n) is 6.44. The molecule has 124 valence electrons. The van der Waals surface area contributed by atoms with Crippen LogP contribution in [0.1, 0.15) is 28.8 Å². The van der Waals surface area contributed by atoms with Crippen LogP contribution in [0.3, 0.4) is 0 Å². The van der Waals surface area contributed by atoms with Gasteiger partial charge in [-0.15, -0.1) is 0 Å². The molecule has 0 radical (unpaired) electrons. The lowest BCUT2D eigenvalue weighted by Crippen LogP contribution is -2.32. The minimum absolute atomic E-state index is 0.0571. The standard InChI is InChI=1S/C21H24N2O/c22-20-9-7-19(8-10-20)21(24)11-6-17-12-14-23(15-13-17)16-18-4-2-1-3-5-18/h1-11,17H,12-16,22H2/b11-6+. The molecule has 0 atom stereocenters. The van der Waals surface area contributed by atoms with Gasteiger partial charge in [0.1, 0.15) is 0 Å². The van der Waals surface area contributed by atoms with Crippen LogP contribution in [0.2, 0.25) is 0 Å². The van der Waals surface area contributed by atoms with E-state index in [1.807, 2.05) is 0 Å². The van der Waals surface area contributed by atoms with Gasteiger partial charge >= 0.3 is 0 Å². The van der Waals surface area contributed by atoms with E-state index in [0.29, 0.717) is 17.2 Å². The van der Waals surface area contributed by atoms with Crippen molar-refractivity contribution in [3.63, 3.8) is 0 Å². The number of nitrogens with zero attached hydrogens (tertiary/aromatic N) is 1. The van der Waals surface area contributed by atoms with E-state index in [2.05, 4.69) is 41.3 Å². The molecule has 2 aromatic carbocycles. The summed E-state index contributed by atoms with van der Waals surface area (Å²) < 4.78 is 0. The minimum atomic E-state index is 0.0571. The van der Waals surface area contributed by atoms with Crippen molar-refractivity contribution in [2.24, 2.45) is 5.92 Å². The van der Waals surface area contributed by atoms with E-state index in [1.54, 1.807) is 30.3 Å². The van der Waals surface area contributed by atoms with Crippen molar-refractivity contribution >= 4 is 11.5 Å². The molecular formula is C21H24N2O. The molecule has 0 saturated carbocycles. The summed E-state index contributed by atoms with van der Waals surface area (Å²) in [6, 6.07) is 17.7. The molecule has 24 heavy (non-hydrogen) atoms. The first-order valence-corrected chi connectivity index (χ1v) is 8.55. The molecule has 1 fully saturated rings. The summed E-state index contributed by atoms with van der Waals surface area (Å²) in [6.07, 6.45) is 6.03. The first-order valence-electron chi connectivity index (χ1n) is 8.55. The Bertz CT molecular complexity index is 684. The maximum Gasteiger partial charge on any atom is 0.185 e. The fourth-order valence-corrected chi connectivity index (χ4v) is 3.11. The largest absolute Gasteiger partial charge is 0.399 e. The Balaban J connectivity index is 1.48. The highest BCUT2D eigenvalue weighted by Crippen LogP contribution is 2.20. The Morgan fingerprint density at radius 3 is 2.38 bits per heavy atom. The van der Waals surface area contributed by atoms with Crippen LogP contribution in [0.4, 0.5) is 5.69 Å². The highest BCUT2D eigenvalue weighted by molar-refractivity contribution is 6.04. The molecule has 3 heteroatoms. The Morgan fingerprint density at radius 1 is 1.04 bits per heavy atom. The van der Waals surface area contributed by atoms with Crippen molar-refractivity contribution < 1.29 is 4.79 Å². The first kappa shape index (κ1) is 16.5. The summed E-state index contributed by atoms with van der Waals surface area (Å²) in [7, 11) is 0. The van der Waals surface area contributed by atoms with Crippen LogP contribution >= 0.6 is 0 Å². The molecule has 0 bridgehead atoms. The maximum atomic E-state index is 12.2. The highest BCUT2D eigenvalue weighted by atomic mass is 16.1. The van der Waals surface area contributed by atoms with Crippen molar-refractivity contribution in [3.05, 3.63) is 77.9 Å². The van der Waals surface area contributed by atoms with E-state index in [0.717, 1.165) is 32.5 Å². The minimum Gasteiger partial charge on any atom is -0.399 e. The van der Waals surface area contributed by atoms with Gasteiger partial charge in [-0.25, -0.2) is 0 Å². The van der Waals surface area contributed by atoms with E-state index in [-0.39, 0.29) is 5.78 Å². The zero-order valence-corrected chi connectivity index (χ0v) is 13.9. The van der Waals surface area contributed by atoms with Gasteiger partial charge in [0.05, 0.1) is 0 Å². The van der Waals surface area contributed by atoms with E-state index >= 15 is 0 Å². The number of carbonyl (C=O) groups excluding carboxylic acids is 1. The number of ketones is 1. The van der Waals surface area contributed by atoms with Crippen molar-refractivity contribution in [3.8, 4) is 0 Å². The topological polar surface area (TPSA) is 46.3 Å². The second-order valence-corrected chi connectivity index (χ2v) is 6.44. The average molecular weight is 320 g/mol. The van der Waals surface area contributed by atoms with Crippen LogP contribution in [0, 0.1) is 5.92 Å². The molecule has 0 aliphatic carbocycles. The van der Waals surface area contributed by atoms with E-state index in [4.69, 9.17) is 5.73 Å². The summed E-state index contributed by atoms with van der Waals surface area (Å²) in [6.45, 7) is 3.18. The lowest BCUT2D eigenvalue weighted by atomic mass is 9.95. The summed E-state index contributed by atoms with van der Waals surface area (Å²) in [5.74, 6) is 0.552. The van der Waals surface area contributed by atoms with Crippen molar-refractivity contribution in [1.82, 2.24) is 4.90 Å². The molecule has 3 rings (SSSR count). The number of nitrogens with two attached hydrogens (primary N) is 1. The number of benzene rings is 2. The van der Waals surface area contributed by atoms with Crippen LogP contribution in [-0.4, -0.2) is 23.8 Å². The number of rotatable bonds is 5. The number of hydrogen-bond donors (Lipinski definition) is 1. The molecule has 0 spiro atoms. The van der Waals surface area contributed by atoms with Crippen LogP contribution in [0.25, 0.3) is 0 Å². The van der Waals surface area contributed by atoms with Gasteiger partial charge in [0, 0.05) is 17.8 Å². The third-order valence-corrected chi connectivity index (χ3v) is 4.60. The highest BCUT2D eigenvalue weighted by Gasteiger charge is 2.17. The maximum absolute atomic E-state index is 12.2. The number of piperidine rings is 1. The van der Waals surface area contributed by atoms with Crippen molar-refractivity contribution in [1.29, 1.82) is 0 Å². The predicted octanol–water partition coefficient (Wildman–Crippen LogP) is 3.92. The third kappa shape index (κ3) is 4.56. The molecule has 1 aliphatic heterocycles. The van der Waals surface area contributed by atoms with Gasteiger partial charge in [-0.05, 0) is 67.8 Å². The number of nitrogen functional groups attached to an aromatic ring is 1. The number of hydrogen-bond acceptors (Lipinski definition) is 3. The SMILES string of the molecule is Nc1ccc(C(=O)/C=C/C2CCN(Cc3ccccc3)CC2)cc1. The number of anilines is 1. The van der Waals surface area contributed by atoms with Crippen LogP contribution in [-0.2, 0) is 6.54 Å².